The van der Waals surface area contributed by atoms with Crippen LogP contribution in [0.2, 0.25) is 0 Å². The van der Waals surface area contributed by atoms with Gasteiger partial charge in [0, 0.05) is 12.6 Å². The molecule has 22 heavy (non-hydrogen) atoms. The number of rotatable bonds is 1. The van der Waals surface area contributed by atoms with Crippen molar-refractivity contribution in [3.05, 3.63) is 64.7 Å². The monoisotopic (exact) mass is 293 g/mol. The van der Waals surface area contributed by atoms with Crippen molar-refractivity contribution in [1.82, 2.24) is 4.90 Å². The summed E-state index contributed by atoms with van der Waals surface area (Å²) < 4.78 is 5.85. The molecule has 0 radical (unpaired) electrons. The molecule has 2 aliphatic rings. The van der Waals surface area contributed by atoms with Crippen LogP contribution >= 0.6 is 0 Å². The molecule has 0 bridgehead atoms. The summed E-state index contributed by atoms with van der Waals surface area (Å²) in [4.78, 5) is 14.9. The molecule has 0 spiro atoms. The third-order valence-corrected chi connectivity index (χ3v) is 5.15. The topological polar surface area (TPSA) is 29.5 Å². The predicted octanol–water partition coefficient (Wildman–Crippen LogP) is 3.21. The number of hydrogen-bond donors (Lipinski definition) is 0. The SMILES string of the molecule is Cc1ccc([C@@H]2C(=O)N(C)[C@@]3(C)COc4cccc2c43)cc1. The van der Waals surface area contributed by atoms with E-state index in [1.165, 1.54) is 11.1 Å². The minimum atomic E-state index is -0.357. The predicted molar refractivity (Wildman–Crippen MR) is 85.1 cm³/mol. The summed E-state index contributed by atoms with van der Waals surface area (Å²) in [6, 6.07) is 14.3. The summed E-state index contributed by atoms with van der Waals surface area (Å²) in [6.45, 7) is 4.68. The number of aryl methyl sites for hydroxylation is 1. The van der Waals surface area contributed by atoms with Gasteiger partial charge in [-0.2, -0.15) is 0 Å². The summed E-state index contributed by atoms with van der Waals surface area (Å²) in [6.07, 6.45) is 0. The minimum Gasteiger partial charge on any atom is -0.490 e. The van der Waals surface area contributed by atoms with Crippen molar-refractivity contribution in [2.75, 3.05) is 13.7 Å². The lowest BCUT2D eigenvalue weighted by molar-refractivity contribution is -0.138. The maximum absolute atomic E-state index is 13.0. The lowest BCUT2D eigenvalue weighted by atomic mass is 9.76. The summed E-state index contributed by atoms with van der Waals surface area (Å²) in [5, 5.41) is 0. The van der Waals surface area contributed by atoms with Crippen molar-refractivity contribution in [2.24, 2.45) is 0 Å². The highest BCUT2D eigenvalue weighted by Crippen LogP contribution is 2.50. The molecule has 2 aromatic rings. The first-order valence-corrected chi connectivity index (χ1v) is 7.63. The number of hydrogen-bond acceptors (Lipinski definition) is 2. The van der Waals surface area contributed by atoms with Crippen molar-refractivity contribution in [1.29, 1.82) is 0 Å². The Morgan fingerprint density at radius 1 is 1.18 bits per heavy atom. The molecule has 3 heteroatoms. The lowest BCUT2D eigenvalue weighted by Crippen LogP contribution is -2.52. The second-order valence-corrected chi connectivity index (χ2v) is 6.52. The standard InChI is InChI=1S/C19H19NO2/c1-12-7-9-13(10-8-12)16-14-5-4-6-15-17(14)19(2,11-22-15)20(3)18(16)21/h4-10,16H,11H2,1-3H3/t16-,19-/m0/s1. The van der Waals surface area contributed by atoms with Gasteiger partial charge in [0.05, 0.1) is 5.92 Å². The minimum absolute atomic E-state index is 0.140. The van der Waals surface area contributed by atoms with Crippen LogP contribution in [-0.4, -0.2) is 24.5 Å². The first-order chi connectivity index (χ1) is 10.5. The molecule has 112 valence electrons. The summed E-state index contributed by atoms with van der Waals surface area (Å²) in [7, 11) is 1.89. The van der Waals surface area contributed by atoms with Gasteiger partial charge in [0.15, 0.2) is 0 Å². The van der Waals surface area contributed by atoms with Gasteiger partial charge in [-0.15, -0.1) is 0 Å². The zero-order valence-electron chi connectivity index (χ0n) is 13.1. The number of carbonyl (C=O) groups is 1. The zero-order valence-corrected chi connectivity index (χ0v) is 13.1. The summed E-state index contributed by atoms with van der Waals surface area (Å²) >= 11 is 0. The number of carbonyl (C=O) groups excluding carboxylic acids is 1. The normalized spacial score (nSPS) is 25.9. The van der Waals surface area contributed by atoms with Crippen LogP contribution in [0.5, 0.6) is 5.75 Å². The molecule has 0 N–H and O–H groups in total. The van der Waals surface area contributed by atoms with Gasteiger partial charge in [-0.1, -0.05) is 42.0 Å². The van der Waals surface area contributed by atoms with Gasteiger partial charge >= 0.3 is 0 Å². The van der Waals surface area contributed by atoms with Gasteiger partial charge in [0.1, 0.15) is 17.9 Å². The highest BCUT2D eigenvalue weighted by atomic mass is 16.5. The third-order valence-electron chi connectivity index (χ3n) is 5.15. The lowest BCUT2D eigenvalue weighted by Gasteiger charge is -2.42. The summed E-state index contributed by atoms with van der Waals surface area (Å²) in [5.41, 5.74) is 4.15. The Morgan fingerprint density at radius 3 is 2.64 bits per heavy atom. The van der Waals surface area contributed by atoms with E-state index in [2.05, 4.69) is 44.2 Å². The van der Waals surface area contributed by atoms with Crippen LogP contribution in [0, 0.1) is 6.92 Å². The molecule has 2 aromatic carbocycles. The van der Waals surface area contributed by atoms with Crippen LogP contribution in [0.25, 0.3) is 0 Å². The zero-order chi connectivity index (χ0) is 15.5. The Bertz CT molecular complexity index is 766. The number of benzene rings is 2. The maximum Gasteiger partial charge on any atom is 0.235 e. The fraction of sp³-hybridized carbons (Fsp3) is 0.316. The third kappa shape index (κ3) is 1.59. The van der Waals surface area contributed by atoms with Crippen molar-refractivity contribution in [2.45, 2.75) is 25.3 Å². The first-order valence-electron chi connectivity index (χ1n) is 7.63. The molecule has 0 aliphatic carbocycles. The Kier molecular flexibility index (Phi) is 2.65. The smallest absolute Gasteiger partial charge is 0.235 e. The number of amides is 1. The average Bonchev–Trinajstić information content (AvgIpc) is 2.87. The van der Waals surface area contributed by atoms with Crippen molar-refractivity contribution < 1.29 is 9.53 Å². The van der Waals surface area contributed by atoms with Crippen LogP contribution in [0.15, 0.2) is 42.5 Å². The van der Waals surface area contributed by atoms with Crippen LogP contribution in [-0.2, 0) is 10.3 Å². The molecule has 2 heterocycles. The van der Waals surface area contributed by atoms with Crippen molar-refractivity contribution in [3.8, 4) is 5.75 Å². The molecular formula is C19H19NO2. The Morgan fingerprint density at radius 2 is 1.91 bits per heavy atom. The maximum atomic E-state index is 13.0. The van der Waals surface area contributed by atoms with E-state index in [1.807, 2.05) is 24.1 Å². The van der Waals surface area contributed by atoms with Crippen molar-refractivity contribution in [3.63, 3.8) is 0 Å². The Hall–Kier alpha value is -2.29. The van der Waals surface area contributed by atoms with E-state index in [1.54, 1.807) is 0 Å². The van der Waals surface area contributed by atoms with Gasteiger partial charge in [0.25, 0.3) is 0 Å². The van der Waals surface area contributed by atoms with Gasteiger partial charge < -0.3 is 9.64 Å². The second-order valence-electron chi connectivity index (χ2n) is 6.52. The van der Waals surface area contributed by atoms with E-state index in [-0.39, 0.29) is 17.4 Å². The van der Waals surface area contributed by atoms with Crippen LogP contribution in [0.1, 0.15) is 35.1 Å². The van der Waals surface area contributed by atoms with Gasteiger partial charge in [-0.3, -0.25) is 4.79 Å². The van der Waals surface area contributed by atoms with Crippen molar-refractivity contribution >= 4 is 5.91 Å². The van der Waals surface area contributed by atoms with E-state index in [9.17, 15) is 4.79 Å². The number of likely N-dealkylation sites (N-methyl/N-ethyl adjacent to an activating group) is 1. The van der Waals surface area contributed by atoms with Crippen LogP contribution in [0.4, 0.5) is 0 Å². The average molecular weight is 293 g/mol. The molecule has 0 saturated heterocycles. The highest BCUT2D eigenvalue weighted by Gasteiger charge is 2.50. The highest BCUT2D eigenvalue weighted by molar-refractivity contribution is 5.91. The van der Waals surface area contributed by atoms with E-state index in [4.69, 9.17) is 4.74 Å². The first kappa shape index (κ1) is 13.4. The quantitative estimate of drug-likeness (QED) is 0.808. The van der Waals surface area contributed by atoms with Gasteiger partial charge in [-0.25, -0.2) is 0 Å². The molecule has 4 rings (SSSR count). The largest absolute Gasteiger partial charge is 0.490 e. The Balaban J connectivity index is 1.96. The fourth-order valence-corrected chi connectivity index (χ4v) is 3.69. The number of nitrogens with zero attached hydrogens (tertiary/aromatic N) is 1. The van der Waals surface area contributed by atoms with Gasteiger partial charge in [-0.05, 0) is 31.0 Å². The second kappa shape index (κ2) is 4.35. The van der Waals surface area contributed by atoms with Crippen LogP contribution in [0.3, 0.4) is 0 Å². The van der Waals surface area contributed by atoms with E-state index in [0.29, 0.717) is 6.61 Å². The van der Waals surface area contributed by atoms with E-state index < -0.39 is 0 Å². The van der Waals surface area contributed by atoms with E-state index in [0.717, 1.165) is 16.9 Å². The summed E-state index contributed by atoms with van der Waals surface area (Å²) in [5.74, 6) is 0.813. The van der Waals surface area contributed by atoms with Gasteiger partial charge in [0.2, 0.25) is 5.91 Å². The molecule has 0 unspecified atom stereocenters. The van der Waals surface area contributed by atoms with Crippen LogP contribution < -0.4 is 4.74 Å². The molecule has 0 saturated carbocycles. The fourth-order valence-electron chi connectivity index (χ4n) is 3.69. The Labute approximate surface area is 130 Å². The molecule has 1 amide bonds. The molecular weight excluding hydrogens is 274 g/mol. The molecule has 2 atom stereocenters. The molecule has 0 fully saturated rings. The van der Waals surface area contributed by atoms with E-state index >= 15 is 0 Å². The molecule has 3 nitrogen and oxygen atoms in total. The molecule has 0 aromatic heterocycles. The molecule has 2 aliphatic heterocycles. The number of ether oxygens (including phenoxy) is 1.